The van der Waals surface area contributed by atoms with Crippen molar-refractivity contribution in [1.29, 1.82) is 5.26 Å². The van der Waals surface area contributed by atoms with E-state index in [1.54, 1.807) is 0 Å². The lowest BCUT2D eigenvalue weighted by Crippen LogP contribution is -2.19. The molecule has 0 radical (unpaired) electrons. The average molecular weight is 252 g/mol. The van der Waals surface area contributed by atoms with E-state index in [1.165, 1.54) is 11.3 Å². The third-order valence-electron chi connectivity index (χ3n) is 3.33. The van der Waals surface area contributed by atoms with Gasteiger partial charge in [-0.25, -0.2) is 0 Å². The van der Waals surface area contributed by atoms with Crippen LogP contribution in [0.2, 0.25) is 0 Å². The summed E-state index contributed by atoms with van der Waals surface area (Å²) < 4.78 is 2.15. The summed E-state index contributed by atoms with van der Waals surface area (Å²) in [6.07, 6.45) is 0.952. The molecule has 98 valence electrons. The Morgan fingerprint density at radius 3 is 2.32 bits per heavy atom. The predicted octanol–water partition coefficient (Wildman–Crippen LogP) is 3.90. The van der Waals surface area contributed by atoms with Gasteiger partial charge in [-0.3, -0.25) is 0 Å². The Hall–Kier alpha value is -2.01. The van der Waals surface area contributed by atoms with Crippen molar-refractivity contribution < 1.29 is 0 Å². The first kappa shape index (κ1) is 13.4. The second-order valence-corrected chi connectivity index (χ2v) is 5.85. The minimum absolute atomic E-state index is 0.0613. The number of rotatable bonds is 3. The van der Waals surface area contributed by atoms with Crippen molar-refractivity contribution in [3.05, 3.63) is 59.4 Å². The summed E-state index contributed by atoms with van der Waals surface area (Å²) in [6.45, 7) is 7.40. The van der Waals surface area contributed by atoms with E-state index < -0.39 is 0 Å². The van der Waals surface area contributed by atoms with Gasteiger partial charge in [-0.2, -0.15) is 5.26 Å². The second-order valence-electron chi connectivity index (χ2n) is 5.85. The minimum atomic E-state index is 0.0613. The highest BCUT2D eigenvalue weighted by molar-refractivity contribution is 5.30. The third-order valence-corrected chi connectivity index (χ3v) is 3.33. The van der Waals surface area contributed by atoms with Crippen LogP contribution in [0.15, 0.2) is 42.5 Å². The van der Waals surface area contributed by atoms with Crippen LogP contribution >= 0.6 is 0 Å². The molecule has 2 nitrogen and oxygen atoms in total. The molecule has 0 aliphatic heterocycles. The third kappa shape index (κ3) is 3.06. The maximum absolute atomic E-state index is 9.22. The fraction of sp³-hybridized carbons (Fsp3) is 0.353. The van der Waals surface area contributed by atoms with Crippen LogP contribution in [-0.4, -0.2) is 4.57 Å². The van der Waals surface area contributed by atoms with Gasteiger partial charge in [0.1, 0.15) is 11.8 Å². The molecule has 0 saturated carbocycles. The molecule has 1 aromatic heterocycles. The smallest absolute Gasteiger partial charge is 0.120 e. The van der Waals surface area contributed by atoms with Crippen molar-refractivity contribution >= 4 is 0 Å². The predicted molar refractivity (Wildman–Crippen MR) is 78.0 cm³/mol. The molecule has 0 bridgehead atoms. The largest absolute Gasteiger partial charge is 0.336 e. The van der Waals surface area contributed by atoms with E-state index in [-0.39, 0.29) is 5.41 Å². The van der Waals surface area contributed by atoms with Gasteiger partial charge in [0.05, 0.1) is 0 Å². The summed E-state index contributed by atoms with van der Waals surface area (Å²) in [4.78, 5) is 0. The maximum atomic E-state index is 9.22. The monoisotopic (exact) mass is 252 g/mol. The molecule has 2 rings (SSSR count). The number of benzene rings is 1. The van der Waals surface area contributed by atoms with Crippen LogP contribution in [0.3, 0.4) is 0 Å². The number of nitriles is 1. The van der Waals surface area contributed by atoms with Crippen LogP contribution in [0.1, 0.15) is 37.7 Å². The second kappa shape index (κ2) is 5.32. The average Bonchev–Trinajstić information content (AvgIpc) is 2.80. The standard InChI is InChI=1S/C17H20N2/c1-17(2,3)16-10-9-15(13-18)19(16)12-11-14-7-5-4-6-8-14/h4-10H,11-12H2,1-3H3. The van der Waals surface area contributed by atoms with E-state index in [0.717, 1.165) is 18.7 Å². The van der Waals surface area contributed by atoms with Gasteiger partial charge in [0.15, 0.2) is 0 Å². The lowest BCUT2D eigenvalue weighted by Gasteiger charge is -2.22. The minimum Gasteiger partial charge on any atom is -0.336 e. The van der Waals surface area contributed by atoms with Crippen molar-refractivity contribution in [2.75, 3.05) is 0 Å². The Morgan fingerprint density at radius 1 is 1.05 bits per heavy atom. The highest BCUT2D eigenvalue weighted by atomic mass is 15.0. The number of hydrogen-bond donors (Lipinski definition) is 0. The van der Waals surface area contributed by atoms with E-state index in [9.17, 15) is 5.26 Å². The van der Waals surface area contributed by atoms with Crippen LogP contribution in [0.25, 0.3) is 0 Å². The molecular formula is C17H20N2. The highest BCUT2D eigenvalue weighted by Crippen LogP contribution is 2.25. The summed E-state index contributed by atoms with van der Waals surface area (Å²) in [5.74, 6) is 0. The molecule has 0 fully saturated rings. The molecule has 0 atom stereocenters. The lowest BCUT2D eigenvalue weighted by atomic mass is 9.92. The molecule has 0 unspecified atom stereocenters. The topological polar surface area (TPSA) is 28.7 Å². The number of aryl methyl sites for hydroxylation is 1. The van der Waals surface area contributed by atoms with Gasteiger partial charge in [0.2, 0.25) is 0 Å². The van der Waals surface area contributed by atoms with Gasteiger partial charge < -0.3 is 4.57 Å². The highest BCUT2D eigenvalue weighted by Gasteiger charge is 2.20. The lowest BCUT2D eigenvalue weighted by molar-refractivity contribution is 0.514. The molecule has 2 heteroatoms. The molecule has 0 spiro atoms. The fourth-order valence-corrected chi connectivity index (χ4v) is 2.35. The van der Waals surface area contributed by atoms with E-state index in [1.807, 2.05) is 12.1 Å². The van der Waals surface area contributed by atoms with Gasteiger partial charge in [-0.15, -0.1) is 0 Å². The molecular weight excluding hydrogens is 232 g/mol. The molecule has 19 heavy (non-hydrogen) atoms. The first-order valence-electron chi connectivity index (χ1n) is 6.66. The summed E-state index contributed by atoms with van der Waals surface area (Å²) in [6, 6.07) is 16.7. The number of nitrogens with zero attached hydrogens (tertiary/aromatic N) is 2. The Bertz CT molecular complexity index is 580. The SMILES string of the molecule is CC(C)(C)c1ccc(C#N)n1CCc1ccccc1. The van der Waals surface area contributed by atoms with Crippen molar-refractivity contribution in [2.45, 2.75) is 39.2 Å². The first-order valence-corrected chi connectivity index (χ1v) is 6.66. The van der Waals surface area contributed by atoms with E-state index in [4.69, 9.17) is 0 Å². The first-order chi connectivity index (χ1) is 9.02. The van der Waals surface area contributed by atoms with Gasteiger partial charge in [-0.05, 0) is 24.1 Å². The van der Waals surface area contributed by atoms with E-state index >= 15 is 0 Å². The molecule has 0 N–H and O–H groups in total. The molecule has 0 aliphatic carbocycles. The van der Waals surface area contributed by atoms with Crippen molar-refractivity contribution in [1.82, 2.24) is 4.57 Å². The zero-order chi connectivity index (χ0) is 13.9. The van der Waals surface area contributed by atoms with Crippen LogP contribution in [0.5, 0.6) is 0 Å². The summed E-state index contributed by atoms with van der Waals surface area (Å²) >= 11 is 0. The number of aromatic nitrogens is 1. The quantitative estimate of drug-likeness (QED) is 0.814. The fourth-order valence-electron chi connectivity index (χ4n) is 2.35. The molecule has 1 aromatic carbocycles. The normalized spacial score (nSPS) is 11.3. The van der Waals surface area contributed by atoms with Gasteiger partial charge in [0, 0.05) is 17.7 Å². The molecule has 2 aromatic rings. The van der Waals surface area contributed by atoms with Crippen molar-refractivity contribution in [2.24, 2.45) is 0 Å². The van der Waals surface area contributed by atoms with Crippen molar-refractivity contribution in [3.8, 4) is 6.07 Å². The van der Waals surface area contributed by atoms with Gasteiger partial charge in [0.25, 0.3) is 0 Å². The Balaban J connectivity index is 2.24. The Morgan fingerprint density at radius 2 is 1.74 bits per heavy atom. The van der Waals surface area contributed by atoms with E-state index in [2.05, 4.69) is 61.7 Å². The summed E-state index contributed by atoms with van der Waals surface area (Å²) in [7, 11) is 0. The van der Waals surface area contributed by atoms with E-state index in [0.29, 0.717) is 0 Å². The summed E-state index contributed by atoms with van der Waals surface area (Å²) in [5.41, 5.74) is 3.34. The van der Waals surface area contributed by atoms with Crippen LogP contribution in [0.4, 0.5) is 0 Å². The Kier molecular flexibility index (Phi) is 3.76. The van der Waals surface area contributed by atoms with Crippen LogP contribution in [0, 0.1) is 11.3 Å². The zero-order valence-corrected chi connectivity index (χ0v) is 11.9. The molecule has 0 aliphatic rings. The summed E-state index contributed by atoms with van der Waals surface area (Å²) in [5, 5.41) is 9.22. The van der Waals surface area contributed by atoms with Gasteiger partial charge in [-0.1, -0.05) is 51.1 Å². The van der Waals surface area contributed by atoms with Gasteiger partial charge >= 0.3 is 0 Å². The molecule has 1 heterocycles. The van der Waals surface area contributed by atoms with Crippen molar-refractivity contribution in [3.63, 3.8) is 0 Å². The maximum Gasteiger partial charge on any atom is 0.120 e. The zero-order valence-electron chi connectivity index (χ0n) is 11.9. The number of hydrogen-bond acceptors (Lipinski definition) is 1. The van der Waals surface area contributed by atoms with Crippen LogP contribution in [-0.2, 0) is 18.4 Å². The molecule has 0 amide bonds. The van der Waals surface area contributed by atoms with Crippen LogP contribution < -0.4 is 0 Å². The molecule has 0 saturated heterocycles. The Labute approximate surface area is 115 Å².